The highest BCUT2D eigenvalue weighted by molar-refractivity contribution is 4.92. The molecule has 72 valence electrons. The highest BCUT2D eigenvalue weighted by atomic mass is 15.2. The van der Waals surface area contributed by atoms with E-state index in [-0.39, 0.29) is 0 Å². The molecule has 2 nitrogen and oxygen atoms in total. The molecule has 0 aromatic rings. The Labute approximate surface area is 76.1 Å². The molecule has 2 N–H and O–H groups in total. The van der Waals surface area contributed by atoms with Gasteiger partial charge in [-0.15, -0.1) is 0 Å². The zero-order valence-corrected chi connectivity index (χ0v) is 8.64. The summed E-state index contributed by atoms with van der Waals surface area (Å²) in [4.78, 5) is 2.32. The van der Waals surface area contributed by atoms with Crippen LogP contribution in [0.3, 0.4) is 0 Å². The molecule has 0 atom stereocenters. The highest BCUT2D eigenvalue weighted by Crippen LogP contribution is 2.34. The minimum atomic E-state index is 0.312. The number of likely N-dealkylation sites (N-methyl/N-ethyl adjacent to an activating group) is 1. The summed E-state index contributed by atoms with van der Waals surface area (Å²) < 4.78 is 0. The zero-order chi connectivity index (χ0) is 9.19. The van der Waals surface area contributed by atoms with Crippen LogP contribution in [0, 0.1) is 5.92 Å². The third-order valence-electron chi connectivity index (χ3n) is 3.53. The Morgan fingerprint density at radius 3 is 2.17 bits per heavy atom. The summed E-state index contributed by atoms with van der Waals surface area (Å²) in [5.74, 6) is 0.907. The number of rotatable bonds is 2. The van der Waals surface area contributed by atoms with Gasteiger partial charge in [0.15, 0.2) is 0 Å². The van der Waals surface area contributed by atoms with Crippen LogP contribution in [-0.2, 0) is 0 Å². The summed E-state index contributed by atoms with van der Waals surface area (Å²) in [5.41, 5.74) is 6.15. The van der Waals surface area contributed by atoms with E-state index in [1.165, 1.54) is 25.7 Å². The van der Waals surface area contributed by atoms with E-state index in [1.807, 2.05) is 0 Å². The fraction of sp³-hybridized carbons (Fsp3) is 1.00. The van der Waals surface area contributed by atoms with E-state index in [0.29, 0.717) is 5.54 Å². The maximum absolute atomic E-state index is 5.84. The molecular formula is C10H22N2. The van der Waals surface area contributed by atoms with Gasteiger partial charge in [-0.1, -0.05) is 6.92 Å². The lowest BCUT2D eigenvalue weighted by Crippen LogP contribution is -2.52. The van der Waals surface area contributed by atoms with Crippen molar-refractivity contribution in [3.63, 3.8) is 0 Å². The minimum absolute atomic E-state index is 0.312. The van der Waals surface area contributed by atoms with Gasteiger partial charge >= 0.3 is 0 Å². The first-order valence-corrected chi connectivity index (χ1v) is 4.98. The van der Waals surface area contributed by atoms with Gasteiger partial charge in [0.25, 0.3) is 0 Å². The van der Waals surface area contributed by atoms with Gasteiger partial charge in [-0.05, 0) is 45.7 Å². The van der Waals surface area contributed by atoms with Crippen molar-refractivity contribution in [2.75, 3.05) is 20.6 Å². The molecule has 0 radical (unpaired) electrons. The summed E-state index contributed by atoms with van der Waals surface area (Å²) in [5, 5.41) is 0. The SMILES string of the molecule is CC1CCC(CN)(N(C)C)CC1. The fourth-order valence-corrected chi connectivity index (χ4v) is 2.13. The first kappa shape index (κ1) is 10.0. The van der Waals surface area contributed by atoms with Crippen molar-refractivity contribution in [1.29, 1.82) is 0 Å². The molecule has 0 unspecified atom stereocenters. The molecule has 2 heteroatoms. The van der Waals surface area contributed by atoms with E-state index in [0.717, 1.165) is 12.5 Å². The van der Waals surface area contributed by atoms with E-state index in [1.54, 1.807) is 0 Å². The summed E-state index contributed by atoms with van der Waals surface area (Å²) in [7, 11) is 4.31. The van der Waals surface area contributed by atoms with Crippen LogP contribution in [-0.4, -0.2) is 31.1 Å². The normalized spacial score (nSPS) is 37.2. The van der Waals surface area contributed by atoms with Crippen LogP contribution in [0.25, 0.3) is 0 Å². The second kappa shape index (κ2) is 3.75. The molecule has 0 bridgehead atoms. The second-order valence-electron chi connectivity index (χ2n) is 4.51. The molecule has 1 saturated carbocycles. The number of nitrogens with two attached hydrogens (primary N) is 1. The summed E-state index contributed by atoms with van der Waals surface area (Å²) in [6, 6.07) is 0. The molecule has 1 aliphatic rings. The van der Waals surface area contributed by atoms with Gasteiger partial charge < -0.3 is 10.6 Å². The average molecular weight is 170 g/mol. The lowest BCUT2D eigenvalue weighted by molar-refractivity contribution is 0.0910. The standard InChI is InChI=1S/C10H22N2/c1-9-4-6-10(8-11,7-5-9)12(2)3/h9H,4-8,11H2,1-3H3. The van der Waals surface area contributed by atoms with Crippen molar-refractivity contribution in [2.45, 2.75) is 38.1 Å². The molecule has 0 spiro atoms. The maximum atomic E-state index is 5.84. The van der Waals surface area contributed by atoms with E-state index in [4.69, 9.17) is 5.73 Å². The Balaban J connectivity index is 2.57. The smallest absolute Gasteiger partial charge is 0.0325 e. The second-order valence-corrected chi connectivity index (χ2v) is 4.51. The number of hydrogen-bond acceptors (Lipinski definition) is 2. The van der Waals surface area contributed by atoms with Crippen molar-refractivity contribution in [2.24, 2.45) is 11.7 Å². The van der Waals surface area contributed by atoms with Crippen LogP contribution in [0.2, 0.25) is 0 Å². The predicted molar refractivity (Wildman–Crippen MR) is 53.1 cm³/mol. The minimum Gasteiger partial charge on any atom is -0.329 e. The summed E-state index contributed by atoms with van der Waals surface area (Å²) in [6.45, 7) is 3.16. The Morgan fingerprint density at radius 2 is 1.83 bits per heavy atom. The average Bonchev–Trinajstić information content (AvgIpc) is 2.06. The van der Waals surface area contributed by atoms with E-state index in [9.17, 15) is 0 Å². The van der Waals surface area contributed by atoms with Crippen molar-refractivity contribution >= 4 is 0 Å². The maximum Gasteiger partial charge on any atom is 0.0325 e. The molecule has 0 aliphatic heterocycles. The van der Waals surface area contributed by atoms with Gasteiger partial charge in [0.2, 0.25) is 0 Å². The first-order chi connectivity index (χ1) is 5.60. The molecule has 0 heterocycles. The Morgan fingerprint density at radius 1 is 1.33 bits per heavy atom. The van der Waals surface area contributed by atoms with Gasteiger partial charge in [-0.25, -0.2) is 0 Å². The van der Waals surface area contributed by atoms with Crippen LogP contribution >= 0.6 is 0 Å². The van der Waals surface area contributed by atoms with Crippen molar-refractivity contribution in [3.05, 3.63) is 0 Å². The molecule has 12 heavy (non-hydrogen) atoms. The third kappa shape index (κ3) is 1.80. The monoisotopic (exact) mass is 170 g/mol. The molecule has 0 saturated heterocycles. The topological polar surface area (TPSA) is 29.3 Å². The van der Waals surface area contributed by atoms with Crippen LogP contribution in [0.4, 0.5) is 0 Å². The van der Waals surface area contributed by atoms with Gasteiger partial charge in [-0.3, -0.25) is 0 Å². The Bertz CT molecular complexity index is 135. The lowest BCUT2D eigenvalue weighted by atomic mass is 9.76. The molecule has 0 aromatic carbocycles. The van der Waals surface area contributed by atoms with Crippen LogP contribution in [0.1, 0.15) is 32.6 Å². The Hall–Kier alpha value is -0.0800. The number of hydrogen-bond donors (Lipinski definition) is 1. The summed E-state index contributed by atoms with van der Waals surface area (Å²) in [6.07, 6.45) is 5.24. The molecule has 1 rings (SSSR count). The van der Waals surface area contributed by atoms with Crippen LogP contribution in [0.15, 0.2) is 0 Å². The summed E-state index contributed by atoms with van der Waals surface area (Å²) >= 11 is 0. The van der Waals surface area contributed by atoms with Crippen molar-refractivity contribution < 1.29 is 0 Å². The molecule has 1 aliphatic carbocycles. The van der Waals surface area contributed by atoms with Gasteiger partial charge in [-0.2, -0.15) is 0 Å². The lowest BCUT2D eigenvalue weighted by Gasteiger charge is -2.43. The quantitative estimate of drug-likeness (QED) is 0.680. The van der Waals surface area contributed by atoms with E-state index in [2.05, 4.69) is 25.9 Å². The van der Waals surface area contributed by atoms with Crippen molar-refractivity contribution in [1.82, 2.24) is 4.90 Å². The van der Waals surface area contributed by atoms with Crippen LogP contribution < -0.4 is 5.73 Å². The highest BCUT2D eigenvalue weighted by Gasteiger charge is 2.34. The van der Waals surface area contributed by atoms with Crippen LogP contribution in [0.5, 0.6) is 0 Å². The number of nitrogens with zero attached hydrogens (tertiary/aromatic N) is 1. The fourth-order valence-electron chi connectivity index (χ4n) is 2.13. The van der Waals surface area contributed by atoms with Gasteiger partial charge in [0.1, 0.15) is 0 Å². The third-order valence-corrected chi connectivity index (χ3v) is 3.53. The van der Waals surface area contributed by atoms with Gasteiger partial charge in [0, 0.05) is 12.1 Å². The first-order valence-electron chi connectivity index (χ1n) is 4.98. The molecule has 0 amide bonds. The van der Waals surface area contributed by atoms with E-state index < -0.39 is 0 Å². The van der Waals surface area contributed by atoms with E-state index >= 15 is 0 Å². The van der Waals surface area contributed by atoms with Crippen molar-refractivity contribution in [3.8, 4) is 0 Å². The predicted octanol–water partition coefficient (Wildman–Crippen LogP) is 1.46. The molecular weight excluding hydrogens is 148 g/mol. The Kier molecular flexibility index (Phi) is 3.13. The van der Waals surface area contributed by atoms with Gasteiger partial charge in [0.05, 0.1) is 0 Å². The molecule has 0 aromatic heterocycles. The largest absolute Gasteiger partial charge is 0.329 e. The zero-order valence-electron chi connectivity index (χ0n) is 8.64. The molecule has 1 fully saturated rings.